The van der Waals surface area contributed by atoms with E-state index in [2.05, 4.69) is 16.0 Å². The summed E-state index contributed by atoms with van der Waals surface area (Å²) in [7, 11) is 3.75. The molecule has 0 atom stereocenters. The Morgan fingerprint density at radius 1 is 0.656 bits per heavy atom. The summed E-state index contributed by atoms with van der Waals surface area (Å²) in [6, 6.07) is 18.4. The Balaban J connectivity index is 0.00000182. The fourth-order valence-electron chi connectivity index (χ4n) is 2.75. The predicted octanol–water partition coefficient (Wildman–Crippen LogP) is 4.79. The topological polar surface area (TPSA) is 83.4 Å². The fourth-order valence-corrected chi connectivity index (χ4v) is 2.75. The summed E-state index contributed by atoms with van der Waals surface area (Å²) in [6.45, 7) is 4.97. The van der Waals surface area contributed by atoms with Gasteiger partial charge in [0, 0.05) is 35.3 Å². The summed E-state index contributed by atoms with van der Waals surface area (Å²) in [5, 5.41) is 8.30. The highest BCUT2D eigenvalue weighted by molar-refractivity contribution is 5.95. The molecule has 6 nitrogen and oxygen atoms in total. The predicted molar refractivity (Wildman–Crippen MR) is 135 cm³/mol. The second-order valence-corrected chi connectivity index (χ2v) is 6.54. The van der Waals surface area contributed by atoms with Crippen LogP contribution in [-0.4, -0.2) is 39.0 Å². The average Bonchev–Trinajstić information content (AvgIpc) is 3.25. The van der Waals surface area contributed by atoms with Crippen molar-refractivity contribution >= 4 is 36.6 Å². The monoisotopic (exact) mass is 479 g/mol. The molecule has 1 aromatic heterocycles. The van der Waals surface area contributed by atoms with E-state index in [9.17, 15) is 9.59 Å². The van der Waals surface area contributed by atoms with E-state index in [1.54, 1.807) is 24.3 Å². The van der Waals surface area contributed by atoms with E-state index in [-0.39, 0.29) is 36.6 Å². The molecule has 2 amide bonds. The molecule has 0 aliphatic heterocycles. The lowest BCUT2D eigenvalue weighted by Crippen LogP contribution is -2.22. The van der Waals surface area contributed by atoms with E-state index in [4.69, 9.17) is 4.42 Å². The third-order valence-electron chi connectivity index (χ3n) is 4.14. The molecule has 0 fully saturated rings. The van der Waals surface area contributed by atoms with Crippen LogP contribution in [-0.2, 0) is 0 Å². The molecule has 32 heavy (non-hydrogen) atoms. The van der Waals surface area contributed by atoms with Gasteiger partial charge in [-0.25, -0.2) is 0 Å². The smallest absolute Gasteiger partial charge is 0.251 e. The van der Waals surface area contributed by atoms with E-state index in [0.29, 0.717) is 24.2 Å². The number of furan rings is 1. The minimum absolute atomic E-state index is 0. The number of hydrogen-bond donors (Lipinski definition) is 3. The van der Waals surface area contributed by atoms with Crippen LogP contribution in [0.3, 0.4) is 0 Å². The van der Waals surface area contributed by atoms with Gasteiger partial charge in [-0.3, -0.25) is 9.59 Å². The zero-order valence-corrected chi connectivity index (χ0v) is 20.4. The van der Waals surface area contributed by atoms with Gasteiger partial charge < -0.3 is 20.4 Å². The van der Waals surface area contributed by atoms with Crippen LogP contribution in [0, 0.1) is 0 Å². The maximum Gasteiger partial charge on any atom is 0.251 e. The Kier molecular flexibility index (Phi) is 13.8. The summed E-state index contributed by atoms with van der Waals surface area (Å²) in [5.41, 5.74) is 3.03. The molecule has 8 heteroatoms. The summed E-state index contributed by atoms with van der Waals surface area (Å²) in [5.74, 6) is 1.27. The SMILES string of the molecule is CCNC(=O)c1ccc(-c2ccc(-c3ccc(C(=O)NCC)cc3)o2)cc1.CNC.Cl.Cl. The summed E-state index contributed by atoms with van der Waals surface area (Å²) < 4.78 is 5.95. The van der Waals surface area contributed by atoms with Crippen LogP contribution in [0.15, 0.2) is 65.1 Å². The van der Waals surface area contributed by atoms with Gasteiger partial charge in [-0.15, -0.1) is 24.8 Å². The lowest BCUT2D eigenvalue weighted by Gasteiger charge is -2.04. The van der Waals surface area contributed by atoms with Crippen molar-refractivity contribution in [1.82, 2.24) is 16.0 Å². The molecule has 0 radical (unpaired) electrons. The van der Waals surface area contributed by atoms with Gasteiger partial charge in [0.15, 0.2) is 0 Å². The molecule has 0 saturated heterocycles. The number of carbonyl (C=O) groups excluding carboxylic acids is 2. The Labute approximate surface area is 202 Å². The molecule has 174 valence electrons. The van der Waals surface area contributed by atoms with Gasteiger partial charge in [-0.1, -0.05) is 24.3 Å². The van der Waals surface area contributed by atoms with E-state index in [0.717, 1.165) is 22.6 Å². The van der Waals surface area contributed by atoms with Crippen molar-refractivity contribution in [1.29, 1.82) is 0 Å². The minimum atomic E-state index is -0.0867. The van der Waals surface area contributed by atoms with Crippen LogP contribution in [0.5, 0.6) is 0 Å². The molecule has 0 aliphatic rings. The maximum absolute atomic E-state index is 11.8. The van der Waals surface area contributed by atoms with Crippen molar-refractivity contribution < 1.29 is 14.0 Å². The molecule has 0 aliphatic carbocycles. The van der Waals surface area contributed by atoms with Crippen LogP contribution in [0.1, 0.15) is 34.6 Å². The maximum atomic E-state index is 11.8. The molecule has 1 heterocycles. The van der Waals surface area contributed by atoms with Gasteiger partial charge in [-0.2, -0.15) is 0 Å². The van der Waals surface area contributed by atoms with Crippen molar-refractivity contribution in [3.05, 3.63) is 71.8 Å². The summed E-state index contributed by atoms with van der Waals surface area (Å²) >= 11 is 0. The van der Waals surface area contributed by atoms with Crippen molar-refractivity contribution in [2.45, 2.75) is 13.8 Å². The first-order valence-corrected chi connectivity index (χ1v) is 9.99. The molecular weight excluding hydrogens is 449 g/mol. The first-order valence-electron chi connectivity index (χ1n) is 9.99. The molecular formula is C24H31Cl2N3O3. The van der Waals surface area contributed by atoms with Crippen LogP contribution in [0.25, 0.3) is 22.6 Å². The lowest BCUT2D eigenvalue weighted by atomic mass is 10.1. The Morgan fingerprint density at radius 2 is 0.969 bits per heavy atom. The normalized spacial score (nSPS) is 9.38. The van der Waals surface area contributed by atoms with Crippen LogP contribution in [0.4, 0.5) is 0 Å². The minimum Gasteiger partial charge on any atom is -0.456 e. The van der Waals surface area contributed by atoms with Crippen molar-refractivity contribution in [3.63, 3.8) is 0 Å². The third-order valence-corrected chi connectivity index (χ3v) is 4.14. The number of hydrogen-bond acceptors (Lipinski definition) is 4. The van der Waals surface area contributed by atoms with Gasteiger partial charge >= 0.3 is 0 Å². The lowest BCUT2D eigenvalue weighted by molar-refractivity contribution is 0.0947. The van der Waals surface area contributed by atoms with Gasteiger partial charge in [0.2, 0.25) is 0 Å². The van der Waals surface area contributed by atoms with Crippen LogP contribution in [0.2, 0.25) is 0 Å². The zero-order chi connectivity index (χ0) is 21.9. The second-order valence-electron chi connectivity index (χ2n) is 6.54. The first kappa shape index (κ1) is 29.2. The Morgan fingerprint density at radius 3 is 1.25 bits per heavy atom. The highest BCUT2D eigenvalue weighted by atomic mass is 35.5. The van der Waals surface area contributed by atoms with Gasteiger partial charge in [0.05, 0.1) is 0 Å². The van der Waals surface area contributed by atoms with Gasteiger partial charge in [-0.05, 0) is 64.3 Å². The molecule has 0 bridgehead atoms. The van der Waals surface area contributed by atoms with Crippen LogP contribution >= 0.6 is 24.8 Å². The van der Waals surface area contributed by atoms with Crippen molar-refractivity contribution in [2.24, 2.45) is 0 Å². The number of carbonyl (C=O) groups is 2. The largest absolute Gasteiger partial charge is 0.456 e. The third kappa shape index (κ3) is 8.04. The highest BCUT2D eigenvalue weighted by Crippen LogP contribution is 2.28. The number of nitrogens with one attached hydrogen (secondary N) is 3. The number of benzene rings is 2. The summed E-state index contributed by atoms with van der Waals surface area (Å²) in [6.07, 6.45) is 0. The van der Waals surface area contributed by atoms with Gasteiger partial charge in [0.1, 0.15) is 11.5 Å². The Bertz CT molecular complexity index is 879. The Hall–Kier alpha value is -2.80. The van der Waals surface area contributed by atoms with Crippen molar-refractivity contribution in [2.75, 3.05) is 27.2 Å². The number of rotatable bonds is 6. The molecule has 3 rings (SSSR count). The molecule has 0 spiro atoms. The average molecular weight is 480 g/mol. The quantitative estimate of drug-likeness (QED) is 0.474. The van der Waals surface area contributed by atoms with Gasteiger partial charge in [0.25, 0.3) is 11.8 Å². The fraction of sp³-hybridized carbons (Fsp3) is 0.250. The standard InChI is InChI=1S/C22H22N2O3.C2H7N.2ClH/c1-3-23-21(25)17-9-5-15(6-10-17)19-13-14-20(27-19)16-7-11-18(12-8-16)22(26)24-4-2;1-3-2;;/h5-14H,3-4H2,1-2H3,(H,23,25)(H,24,26);3H,1-2H3;2*1H. The zero-order valence-electron chi connectivity index (χ0n) is 18.7. The number of halogens is 2. The van der Waals surface area contributed by atoms with E-state index < -0.39 is 0 Å². The van der Waals surface area contributed by atoms with Crippen LogP contribution < -0.4 is 16.0 Å². The molecule has 2 aromatic carbocycles. The number of amides is 2. The molecule has 3 aromatic rings. The molecule has 0 saturated carbocycles. The molecule has 3 N–H and O–H groups in total. The summed E-state index contributed by atoms with van der Waals surface area (Å²) in [4.78, 5) is 23.7. The van der Waals surface area contributed by atoms with Crippen molar-refractivity contribution in [3.8, 4) is 22.6 Å². The van der Waals surface area contributed by atoms with E-state index in [1.165, 1.54) is 0 Å². The van der Waals surface area contributed by atoms with E-state index >= 15 is 0 Å². The first-order chi connectivity index (χ1) is 14.5. The highest BCUT2D eigenvalue weighted by Gasteiger charge is 2.10. The van der Waals surface area contributed by atoms with E-state index in [1.807, 2.05) is 64.3 Å². The molecule has 0 unspecified atom stereocenters. The second kappa shape index (κ2) is 15.1.